The molecular formula is C17H20F3N3O3. The molecule has 0 aliphatic carbocycles. The normalized spacial score (nSPS) is 15.2. The van der Waals surface area contributed by atoms with Crippen LogP contribution in [-0.4, -0.2) is 39.9 Å². The van der Waals surface area contributed by atoms with Gasteiger partial charge in [0.1, 0.15) is 0 Å². The zero-order valence-electron chi connectivity index (χ0n) is 14.1. The smallest absolute Gasteiger partial charge is 0.475 e. The van der Waals surface area contributed by atoms with Crippen molar-refractivity contribution in [1.29, 1.82) is 0 Å². The summed E-state index contributed by atoms with van der Waals surface area (Å²) in [7, 11) is 0. The Balaban J connectivity index is 0.000000298. The molecule has 0 amide bonds. The van der Waals surface area contributed by atoms with Gasteiger partial charge >= 0.3 is 17.8 Å². The monoisotopic (exact) mass is 371 g/mol. The van der Waals surface area contributed by atoms with Gasteiger partial charge in [-0.1, -0.05) is 29.8 Å². The van der Waals surface area contributed by atoms with Gasteiger partial charge in [-0.2, -0.15) is 13.2 Å². The first-order valence-corrected chi connectivity index (χ1v) is 8.07. The molecule has 3 N–H and O–H groups in total. The molecule has 0 unspecified atom stereocenters. The van der Waals surface area contributed by atoms with E-state index in [9.17, 15) is 18.0 Å². The molecule has 6 nitrogen and oxygen atoms in total. The van der Waals surface area contributed by atoms with Crippen molar-refractivity contribution < 1.29 is 23.1 Å². The zero-order valence-corrected chi connectivity index (χ0v) is 14.1. The highest BCUT2D eigenvalue weighted by Gasteiger charge is 2.38. The van der Waals surface area contributed by atoms with Crippen molar-refractivity contribution in [1.82, 2.24) is 14.9 Å². The number of hydrogen-bond donors (Lipinski definition) is 3. The predicted molar refractivity (Wildman–Crippen MR) is 90.1 cm³/mol. The van der Waals surface area contributed by atoms with Crippen LogP contribution in [0.4, 0.5) is 13.2 Å². The maximum atomic E-state index is 12.1. The fraction of sp³-hybridized carbons (Fsp3) is 0.412. The fourth-order valence-electron chi connectivity index (χ4n) is 2.65. The van der Waals surface area contributed by atoms with E-state index in [1.807, 2.05) is 22.9 Å². The summed E-state index contributed by atoms with van der Waals surface area (Å²) in [6, 6.07) is 8.55. The summed E-state index contributed by atoms with van der Waals surface area (Å²) in [4.78, 5) is 23.9. The van der Waals surface area contributed by atoms with Crippen LogP contribution >= 0.6 is 0 Å². The Morgan fingerprint density at radius 2 is 1.73 bits per heavy atom. The number of aromatic nitrogens is 2. The zero-order chi connectivity index (χ0) is 19.3. The second-order valence-corrected chi connectivity index (χ2v) is 6.03. The van der Waals surface area contributed by atoms with Crippen LogP contribution in [0, 0.1) is 6.92 Å². The van der Waals surface area contributed by atoms with E-state index in [0.29, 0.717) is 6.04 Å². The highest BCUT2D eigenvalue weighted by Crippen LogP contribution is 2.21. The number of piperidine rings is 1. The molecule has 142 valence electrons. The number of nitrogens with zero attached hydrogens (tertiary/aromatic N) is 1. The van der Waals surface area contributed by atoms with Gasteiger partial charge in [0.2, 0.25) is 0 Å². The fourth-order valence-corrected chi connectivity index (χ4v) is 2.65. The molecule has 3 rings (SSSR count). The number of imidazole rings is 1. The van der Waals surface area contributed by atoms with Crippen LogP contribution in [0.2, 0.25) is 0 Å². The SMILES string of the molecule is Cc1ccc(-c2cn(C3CCNCC3)c(=O)[nH]2)cc1.O=C(O)C(F)(F)F. The van der Waals surface area contributed by atoms with Crippen molar-refractivity contribution in [2.24, 2.45) is 0 Å². The van der Waals surface area contributed by atoms with Crippen LogP contribution in [0.3, 0.4) is 0 Å². The van der Waals surface area contributed by atoms with Gasteiger partial charge in [0.25, 0.3) is 0 Å². The average molecular weight is 371 g/mol. The molecule has 0 radical (unpaired) electrons. The van der Waals surface area contributed by atoms with Crippen molar-refractivity contribution >= 4 is 5.97 Å². The molecule has 1 aromatic heterocycles. The summed E-state index contributed by atoms with van der Waals surface area (Å²) in [6.45, 7) is 4.04. The van der Waals surface area contributed by atoms with Crippen LogP contribution in [-0.2, 0) is 4.79 Å². The molecule has 9 heteroatoms. The van der Waals surface area contributed by atoms with Gasteiger partial charge in [-0.3, -0.25) is 4.57 Å². The van der Waals surface area contributed by atoms with E-state index >= 15 is 0 Å². The van der Waals surface area contributed by atoms with Crippen molar-refractivity contribution in [3.63, 3.8) is 0 Å². The van der Waals surface area contributed by atoms with Crippen molar-refractivity contribution in [3.05, 3.63) is 46.5 Å². The number of hydrogen-bond acceptors (Lipinski definition) is 3. The number of nitrogens with one attached hydrogen (secondary N) is 2. The highest BCUT2D eigenvalue weighted by molar-refractivity contribution is 5.73. The lowest BCUT2D eigenvalue weighted by Gasteiger charge is -2.22. The van der Waals surface area contributed by atoms with E-state index in [4.69, 9.17) is 9.90 Å². The number of aromatic amines is 1. The number of benzene rings is 1. The third kappa shape index (κ3) is 5.22. The van der Waals surface area contributed by atoms with Crippen LogP contribution < -0.4 is 11.0 Å². The molecule has 1 aliphatic heterocycles. The number of carboxylic acids is 1. The molecule has 1 aromatic carbocycles. The third-order valence-corrected chi connectivity index (χ3v) is 4.05. The Kier molecular flexibility index (Phi) is 6.25. The van der Waals surface area contributed by atoms with Gasteiger partial charge in [0, 0.05) is 12.2 Å². The topological polar surface area (TPSA) is 87.1 Å². The van der Waals surface area contributed by atoms with E-state index in [1.165, 1.54) is 5.56 Å². The first-order valence-electron chi connectivity index (χ1n) is 8.07. The van der Waals surface area contributed by atoms with Crippen molar-refractivity contribution in [3.8, 4) is 11.3 Å². The standard InChI is InChI=1S/C15H19N3O.C2HF3O2/c1-11-2-4-12(5-3-11)14-10-18(15(19)17-14)13-6-8-16-9-7-13;3-2(4,5)1(6)7/h2-5,10,13,16H,6-9H2,1H3,(H,17,19);(H,6,7). The summed E-state index contributed by atoms with van der Waals surface area (Å²) in [5.74, 6) is -2.76. The maximum absolute atomic E-state index is 12.1. The summed E-state index contributed by atoms with van der Waals surface area (Å²) in [6.07, 6.45) is -1.08. The lowest BCUT2D eigenvalue weighted by Crippen LogP contribution is -2.32. The molecule has 1 fully saturated rings. The van der Waals surface area contributed by atoms with Gasteiger partial charge < -0.3 is 15.4 Å². The lowest BCUT2D eigenvalue weighted by atomic mass is 10.1. The van der Waals surface area contributed by atoms with Crippen molar-refractivity contribution in [2.45, 2.75) is 32.0 Å². The van der Waals surface area contributed by atoms with Gasteiger partial charge in [-0.15, -0.1) is 0 Å². The first kappa shape index (κ1) is 19.8. The van der Waals surface area contributed by atoms with Crippen LogP contribution in [0.25, 0.3) is 11.3 Å². The van der Waals surface area contributed by atoms with Crippen LogP contribution in [0.1, 0.15) is 24.4 Å². The lowest BCUT2D eigenvalue weighted by molar-refractivity contribution is -0.192. The maximum Gasteiger partial charge on any atom is 0.490 e. The summed E-state index contributed by atoms with van der Waals surface area (Å²) >= 11 is 0. The minimum atomic E-state index is -5.08. The summed E-state index contributed by atoms with van der Waals surface area (Å²) in [5, 5.41) is 10.4. The largest absolute Gasteiger partial charge is 0.490 e. The van der Waals surface area contributed by atoms with E-state index in [-0.39, 0.29) is 5.69 Å². The molecule has 0 bridgehead atoms. The quantitative estimate of drug-likeness (QED) is 0.758. The molecular weight excluding hydrogens is 351 g/mol. The molecule has 0 spiro atoms. The number of alkyl halides is 3. The molecule has 1 saturated heterocycles. The van der Waals surface area contributed by atoms with Gasteiger partial charge in [-0.25, -0.2) is 9.59 Å². The number of H-pyrrole nitrogens is 1. The van der Waals surface area contributed by atoms with E-state index in [2.05, 4.69) is 29.4 Å². The minimum Gasteiger partial charge on any atom is -0.475 e. The van der Waals surface area contributed by atoms with Crippen molar-refractivity contribution in [2.75, 3.05) is 13.1 Å². The molecule has 2 heterocycles. The summed E-state index contributed by atoms with van der Waals surface area (Å²) < 4.78 is 33.6. The second-order valence-electron chi connectivity index (χ2n) is 6.03. The number of carbonyl (C=O) groups is 1. The number of carboxylic acid groups (broad SMARTS) is 1. The Hall–Kier alpha value is -2.55. The number of halogens is 3. The first-order chi connectivity index (χ1) is 12.2. The highest BCUT2D eigenvalue weighted by atomic mass is 19.4. The molecule has 0 atom stereocenters. The molecule has 2 aromatic rings. The number of aryl methyl sites for hydroxylation is 1. The Morgan fingerprint density at radius 1 is 1.19 bits per heavy atom. The molecule has 0 saturated carbocycles. The van der Waals surface area contributed by atoms with Crippen LogP contribution in [0.15, 0.2) is 35.3 Å². The van der Waals surface area contributed by atoms with Gasteiger partial charge in [0.05, 0.1) is 5.69 Å². The number of aliphatic carboxylic acids is 1. The van der Waals surface area contributed by atoms with Gasteiger partial charge in [-0.05, 0) is 38.4 Å². The predicted octanol–water partition coefficient (Wildman–Crippen LogP) is 2.71. The Morgan fingerprint density at radius 3 is 2.23 bits per heavy atom. The van der Waals surface area contributed by atoms with E-state index in [0.717, 1.165) is 37.2 Å². The Bertz CT molecular complexity index is 788. The second kappa shape index (κ2) is 8.22. The number of rotatable bonds is 2. The Labute approximate surface area is 147 Å². The average Bonchev–Trinajstić information content (AvgIpc) is 2.98. The minimum absolute atomic E-state index is 0.00229. The van der Waals surface area contributed by atoms with E-state index < -0.39 is 12.1 Å². The summed E-state index contributed by atoms with van der Waals surface area (Å²) in [5.41, 5.74) is 3.20. The molecule has 26 heavy (non-hydrogen) atoms. The molecule has 1 aliphatic rings. The van der Waals surface area contributed by atoms with E-state index in [1.54, 1.807) is 0 Å². The third-order valence-electron chi connectivity index (χ3n) is 4.05. The van der Waals surface area contributed by atoms with Crippen LogP contribution in [0.5, 0.6) is 0 Å². The van der Waals surface area contributed by atoms with Gasteiger partial charge in [0.15, 0.2) is 0 Å².